The van der Waals surface area contributed by atoms with E-state index in [1.807, 2.05) is 28.9 Å². The standard InChI is InChI=1S/C27H34FN9O2/c1-18(38)35-8-5-25-22(16-35)27(31-24-4-3-19(11-23(24)28)20-12-30-33(2)13-20)32-37(25)21-14-36(15-21)26(39)17-34-9-6-29-7-10-34/h3-4,11-13,21,29H,5-10,14-17H2,1-2H3,(H,31,32). The van der Waals surface area contributed by atoms with Crippen LogP contribution in [-0.2, 0) is 29.6 Å². The summed E-state index contributed by atoms with van der Waals surface area (Å²) in [6, 6.07) is 5.09. The molecule has 0 unspecified atom stereocenters. The van der Waals surface area contributed by atoms with E-state index in [-0.39, 0.29) is 17.9 Å². The Balaban J connectivity index is 1.20. The molecule has 5 heterocycles. The number of carbonyl (C=O) groups excluding carboxylic acids is 2. The molecule has 3 aliphatic heterocycles. The molecular weight excluding hydrogens is 501 g/mol. The number of likely N-dealkylation sites (tertiary alicyclic amines) is 1. The largest absolute Gasteiger partial charge is 0.338 e. The number of benzene rings is 1. The van der Waals surface area contributed by atoms with Crippen LogP contribution in [0.15, 0.2) is 30.6 Å². The number of nitrogens with zero attached hydrogens (tertiary/aromatic N) is 7. The minimum Gasteiger partial charge on any atom is -0.338 e. The molecule has 0 aliphatic carbocycles. The van der Waals surface area contributed by atoms with Gasteiger partial charge in [-0.1, -0.05) is 6.07 Å². The highest BCUT2D eigenvalue weighted by atomic mass is 19.1. The Morgan fingerprint density at radius 1 is 1.13 bits per heavy atom. The molecule has 2 amide bonds. The number of fused-ring (bicyclic) bond motifs is 1. The van der Waals surface area contributed by atoms with Crippen LogP contribution in [0.2, 0.25) is 0 Å². The average molecular weight is 536 g/mol. The van der Waals surface area contributed by atoms with Crippen LogP contribution in [0, 0.1) is 5.82 Å². The Hall–Kier alpha value is -3.77. The van der Waals surface area contributed by atoms with Gasteiger partial charge in [-0.15, -0.1) is 0 Å². The van der Waals surface area contributed by atoms with Gasteiger partial charge in [0.1, 0.15) is 5.82 Å². The topological polar surface area (TPSA) is 104 Å². The van der Waals surface area contributed by atoms with Gasteiger partial charge in [0, 0.05) is 89.2 Å². The summed E-state index contributed by atoms with van der Waals surface area (Å²) < 4.78 is 18.9. The number of piperazine rings is 1. The van der Waals surface area contributed by atoms with E-state index in [0.717, 1.165) is 48.6 Å². The lowest BCUT2D eigenvalue weighted by Crippen LogP contribution is -2.55. The summed E-state index contributed by atoms with van der Waals surface area (Å²) in [7, 11) is 1.82. The number of nitrogens with one attached hydrogen (secondary N) is 2. The Labute approximate surface area is 226 Å². The molecule has 39 heavy (non-hydrogen) atoms. The fraction of sp³-hybridized carbons (Fsp3) is 0.481. The first kappa shape index (κ1) is 25.5. The summed E-state index contributed by atoms with van der Waals surface area (Å²) >= 11 is 0. The summed E-state index contributed by atoms with van der Waals surface area (Å²) in [5.74, 6) is 0.299. The predicted molar refractivity (Wildman–Crippen MR) is 144 cm³/mol. The maximum Gasteiger partial charge on any atom is 0.236 e. The summed E-state index contributed by atoms with van der Waals surface area (Å²) in [5.41, 5.74) is 3.83. The van der Waals surface area contributed by atoms with E-state index in [1.165, 1.54) is 6.07 Å². The zero-order valence-corrected chi connectivity index (χ0v) is 22.4. The number of amides is 2. The number of rotatable bonds is 6. The number of halogens is 1. The third-order valence-corrected chi connectivity index (χ3v) is 7.92. The Kier molecular flexibility index (Phi) is 6.81. The van der Waals surface area contributed by atoms with Crippen molar-refractivity contribution in [1.29, 1.82) is 0 Å². The Morgan fingerprint density at radius 3 is 2.62 bits per heavy atom. The lowest BCUT2D eigenvalue weighted by atomic mass is 10.0. The molecule has 0 atom stereocenters. The normalized spacial score (nSPS) is 18.1. The first-order valence-corrected chi connectivity index (χ1v) is 13.5. The van der Waals surface area contributed by atoms with Crippen LogP contribution >= 0.6 is 0 Å². The van der Waals surface area contributed by atoms with Crippen molar-refractivity contribution in [3.05, 3.63) is 47.7 Å². The molecule has 0 bridgehead atoms. The summed E-state index contributed by atoms with van der Waals surface area (Å²) in [6.07, 6.45) is 4.20. The van der Waals surface area contributed by atoms with Crippen molar-refractivity contribution in [3.8, 4) is 11.1 Å². The van der Waals surface area contributed by atoms with E-state index in [1.54, 1.807) is 28.8 Å². The molecule has 1 aromatic carbocycles. The molecule has 0 radical (unpaired) electrons. The van der Waals surface area contributed by atoms with Gasteiger partial charge in [-0.05, 0) is 17.7 Å². The molecule has 3 aliphatic rings. The van der Waals surface area contributed by atoms with Crippen LogP contribution in [-0.4, -0.2) is 98.4 Å². The molecule has 206 valence electrons. The first-order valence-electron chi connectivity index (χ1n) is 13.5. The van der Waals surface area contributed by atoms with Gasteiger partial charge in [0.2, 0.25) is 11.8 Å². The number of aromatic nitrogens is 4. The van der Waals surface area contributed by atoms with Gasteiger partial charge in [-0.2, -0.15) is 10.2 Å². The molecule has 3 aromatic rings. The molecular formula is C27H34FN9O2. The fourth-order valence-electron chi connectivity index (χ4n) is 5.59. The number of aryl methyl sites for hydroxylation is 1. The third kappa shape index (κ3) is 5.13. The van der Waals surface area contributed by atoms with Crippen LogP contribution in [0.1, 0.15) is 24.2 Å². The van der Waals surface area contributed by atoms with Crippen molar-refractivity contribution in [3.63, 3.8) is 0 Å². The summed E-state index contributed by atoms with van der Waals surface area (Å²) in [4.78, 5) is 30.8. The van der Waals surface area contributed by atoms with Crippen LogP contribution < -0.4 is 10.6 Å². The van der Waals surface area contributed by atoms with Gasteiger partial charge < -0.3 is 20.4 Å². The molecule has 0 saturated carbocycles. The number of hydrogen-bond acceptors (Lipinski definition) is 7. The highest BCUT2D eigenvalue weighted by Crippen LogP contribution is 2.34. The first-order chi connectivity index (χ1) is 18.9. The minimum atomic E-state index is -0.396. The van der Waals surface area contributed by atoms with Gasteiger partial charge in [-0.3, -0.25) is 23.9 Å². The van der Waals surface area contributed by atoms with E-state index in [4.69, 9.17) is 5.10 Å². The predicted octanol–water partition coefficient (Wildman–Crippen LogP) is 1.36. The van der Waals surface area contributed by atoms with Gasteiger partial charge >= 0.3 is 0 Å². The second-order valence-electron chi connectivity index (χ2n) is 10.6. The number of carbonyl (C=O) groups is 2. The smallest absolute Gasteiger partial charge is 0.236 e. The van der Waals surface area contributed by atoms with Gasteiger partial charge in [-0.25, -0.2) is 4.39 Å². The van der Waals surface area contributed by atoms with Crippen molar-refractivity contribution in [1.82, 2.24) is 39.6 Å². The van der Waals surface area contributed by atoms with Gasteiger partial charge in [0.25, 0.3) is 0 Å². The van der Waals surface area contributed by atoms with Gasteiger partial charge in [0.15, 0.2) is 5.82 Å². The zero-order valence-electron chi connectivity index (χ0n) is 22.4. The van der Waals surface area contributed by atoms with Crippen molar-refractivity contribution >= 4 is 23.3 Å². The number of anilines is 2. The molecule has 6 rings (SSSR count). The minimum absolute atomic E-state index is 0.000294. The Morgan fingerprint density at radius 2 is 1.92 bits per heavy atom. The monoisotopic (exact) mass is 535 g/mol. The van der Waals surface area contributed by atoms with Crippen molar-refractivity contribution in [2.45, 2.75) is 25.9 Å². The summed E-state index contributed by atoms with van der Waals surface area (Å²) in [5, 5.41) is 15.5. The molecule has 2 N–H and O–H groups in total. The maximum absolute atomic E-state index is 15.2. The average Bonchev–Trinajstić information content (AvgIpc) is 3.48. The quantitative estimate of drug-likeness (QED) is 0.491. The van der Waals surface area contributed by atoms with E-state index >= 15 is 4.39 Å². The third-order valence-electron chi connectivity index (χ3n) is 7.92. The lowest BCUT2D eigenvalue weighted by Gasteiger charge is -2.41. The van der Waals surface area contributed by atoms with Crippen LogP contribution in [0.4, 0.5) is 15.9 Å². The lowest BCUT2D eigenvalue weighted by molar-refractivity contribution is -0.138. The zero-order chi connectivity index (χ0) is 27.1. The molecule has 2 saturated heterocycles. The molecule has 2 fully saturated rings. The molecule has 2 aromatic heterocycles. The van der Waals surface area contributed by atoms with E-state index in [2.05, 4.69) is 20.6 Å². The molecule has 11 nitrogen and oxygen atoms in total. The van der Waals surface area contributed by atoms with Crippen molar-refractivity contribution in [2.24, 2.45) is 7.05 Å². The summed E-state index contributed by atoms with van der Waals surface area (Å²) in [6.45, 7) is 7.83. The van der Waals surface area contributed by atoms with E-state index < -0.39 is 5.82 Å². The SMILES string of the molecule is CC(=O)N1CCc2c(c(Nc3ccc(-c4cnn(C)c4)cc3F)nn2C2CN(C(=O)CN3CCNCC3)C2)C1. The molecule has 0 spiro atoms. The number of hydrogen-bond donors (Lipinski definition) is 2. The van der Waals surface area contributed by atoms with Gasteiger partial charge in [0.05, 0.1) is 31.0 Å². The van der Waals surface area contributed by atoms with Crippen molar-refractivity contribution in [2.75, 3.05) is 57.7 Å². The second-order valence-corrected chi connectivity index (χ2v) is 10.6. The Bertz CT molecular complexity index is 1390. The fourth-order valence-corrected chi connectivity index (χ4v) is 5.59. The van der Waals surface area contributed by atoms with Crippen molar-refractivity contribution < 1.29 is 14.0 Å². The van der Waals surface area contributed by atoms with E-state index in [0.29, 0.717) is 50.6 Å². The second kappa shape index (κ2) is 10.4. The van der Waals surface area contributed by atoms with Crippen LogP contribution in [0.3, 0.4) is 0 Å². The van der Waals surface area contributed by atoms with Crippen LogP contribution in [0.25, 0.3) is 11.1 Å². The molecule has 12 heteroatoms. The highest BCUT2D eigenvalue weighted by molar-refractivity contribution is 5.79. The highest BCUT2D eigenvalue weighted by Gasteiger charge is 2.37. The maximum atomic E-state index is 15.2. The van der Waals surface area contributed by atoms with Crippen LogP contribution in [0.5, 0.6) is 0 Å². The van der Waals surface area contributed by atoms with E-state index in [9.17, 15) is 9.59 Å².